The Hall–Kier alpha value is -3.00. The molecule has 0 saturated carbocycles. The zero-order valence-corrected chi connectivity index (χ0v) is 18.0. The van der Waals surface area contributed by atoms with Gasteiger partial charge in [-0.25, -0.2) is 4.98 Å². The number of methoxy groups -OCH3 is 1. The molecule has 7 nitrogen and oxygen atoms in total. The number of hydrogen-bond donors (Lipinski definition) is 0. The normalized spacial score (nSPS) is 14.1. The first-order valence-electron chi connectivity index (χ1n) is 10.00. The van der Waals surface area contributed by atoms with Gasteiger partial charge in [-0.1, -0.05) is 23.5 Å². The van der Waals surface area contributed by atoms with Crippen LogP contribution in [0.4, 0.5) is 5.13 Å². The third-order valence-electron chi connectivity index (χ3n) is 4.98. The van der Waals surface area contributed by atoms with E-state index in [2.05, 4.69) is 11.0 Å². The molecule has 2 heterocycles. The number of piperazine rings is 1. The number of fused-ring (bicyclic) bond motifs is 1. The van der Waals surface area contributed by atoms with E-state index >= 15 is 0 Å². The largest absolute Gasteiger partial charge is 0.497 e. The predicted molar refractivity (Wildman–Crippen MR) is 118 cm³/mol. The Morgan fingerprint density at radius 2 is 1.83 bits per heavy atom. The maximum atomic E-state index is 12.5. The topological polar surface area (TPSA) is 64.1 Å². The second kappa shape index (κ2) is 9.21. The first-order chi connectivity index (χ1) is 14.7. The van der Waals surface area contributed by atoms with Crippen molar-refractivity contribution in [2.75, 3.05) is 51.4 Å². The molecular weight excluding hydrogens is 402 g/mol. The van der Waals surface area contributed by atoms with Crippen LogP contribution in [0, 0.1) is 0 Å². The Morgan fingerprint density at radius 3 is 2.60 bits per heavy atom. The zero-order valence-electron chi connectivity index (χ0n) is 17.2. The monoisotopic (exact) mass is 427 g/mol. The summed E-state index contributed by atoms with van der Waals surface area (Å²) in [6.45, 7) is 5.39. The second-order valence-corrected chi connectivity index (χ2v) is 7.88. The summed E-state index contributed by atoms with van der Waals surface area (Å²) in [5, 5.41) is 0.969. The van der Waals surface area contributed by atoms with Gasteiger partial charge < -0.3 is 24.0 Å². The standard InChI is InChI=1S/C22H25N3O4S/c1-3-28-18-8-5-9-19-21(18)23-22(30-19)25-12-10-24(11-13-25)20(26)15-29-17-7-4-6-16(14-17)27-2/h4-9,14H,3,10-13,15H2,1-2H3. The molecule has 0 spiro atoms. The highest BCUT2D eigenvalue weighted by Gasteiger charge is 2.24. The van der Waals surface area contributed by atoms with Gasteiger partial charge in [-0.2, -0.15) is 0 Å². The smallest absolute Gasteiger partial charge is 0.260 e. The maximum absolute atomic E-state index is 12.5. The van der Waals surface area contributed by atoms with E-state index in [1.807, 2.05) is 42.2 Å². The Balaban J connectivity index is 1.33. The maximum Gasteiger partial charge on any atom is 0.260 e. The number of benzene rings is 2. The highest BCUT2D eigenvalue weighted by atomic mass is 32.1. The number of carbonyl (C=O) groups is 1. The van der Waals surface area contributed by atoms with Crippen LogP contribution in [0.15, 0.2) is 42.5 Å². The predicted octanol–water partition coefficient (Wildman–Crippen LogP) is 3.43. The van der Waals surface area contributed by atoms with Crippen molar-refractivity contribution in [3.63, 3.8) is 0 Å². The molecule has 0 atom stereocenters. The minimum absolute atomic E-state index is 0.0135. The zero-order chi connectivity index (χ0) is 20.9. The lowest BCUT2D eigenvalue weighted by atomic mass is 10.3. The van der Waals surface area contributed by atoms with Crippen LogP contribution in [-0.4, -0.2) is 62.3 Å². The SMILES string of the molecule is CCOc1cccc2sc(N3CCN(C(=O)COc4cccc(OC)c4)CC3)nc12. The van der Waals surface area contributed by atoms with Crippen LogP contribution in [-0.2, 0) is 4.79 Å². The average Bonchev–Trinajstić information content (AvgIpc) is 3.23. The van der Waals surface area contributed by atoms with Crippen molar-refractivity contribution >= 4 is 32.6 Å². The van der Waals surface area contributed by atoms with Gasteiger partial charge in [0.25, 0.3) is 5.91 Å². The third kappa shape index (κ3) is 4.43. The number of hydrogen-bond acceptors (Lipinski definition) is 7. The number of carbonyl (C=O) groups excluding carboxylic acids is 1. The minimum atomic E-state index is -0.0135. The van der Waals surface area contributed by atoms with Crippen molar-refractivity contribution in [2.24, 2.45) is 0 Å². The number of para-hydroxylation sites is 1. The van der Waals surface area contributed by atoms with Gasteiger partial charge in [0, 0.05) is 32.2 Å². The molecule has 1 aliphatic rings. The van der Waals surface area contributed by atoms with Gasteiger partial charge in [0.15, 0.2) is 11.7 Å². The van der Waals surface area contributed by atoms with Gasteiger partial charge in [0.2, 0.25) is 0 Å². The summed E-state index contributed by atoms with van der Waals surface area (Å²) in [5.74, 6) is 2.14. The molecular formula is C22H25N3O4S. The summed E-state index contributed by atoms with van der Waals surface area (Å²) in [7, 11) is 1.60. The number of aromatic nitrogens is 1. The molecule has 0 N–H and O–H groups in total. The lowest BCUT2D eigenvalue weighted by Crippen LogP contribution is -2.50. The van der Waals surface area contributed by atoms with Crippen LogP contribution < -0.4 is 19.1 Å². The number of ether oxygens (including phenoxy) is 3. The van der Waals surface area contributed by atoms with Gasteiger partial charge >= 0.3 is 0 Å². The molecule has 1 fully saturated rings. The van der Waals surface area contributed by atoms with E-state index < -0.39 is 0 Å². The van der Waals surface area contributed by atoms with Crippen LogP contribution >= 0.6 is 11.3 Å². The van der Waals surface area contributed by atoms with Crippen LogP contribution in [0.5, 0.6) is 17.2 Å². The van der Waals surface area contributed by atoms with Crippen LogP contribution in [0.2, 0.25) is 0 Å². The molecule has 0 aliphatic carbocycles. The van der Waals surface area contributed by atoms with Gasteiger partial charge in [0.1, 0.15) is 22.8 Å². The van der Waals surface area contributed by atoms with Crippen LogP contribution in [0.3, 0.4) is 0 Å². The number of rotatable bonds is 7. The van der Waals surface area contributed by atoms with E-state index in [9.17, 15) is 4.79 Å². The molecule has 3 aromatic rings. The summed E-state index contributed by atoms with van der Waals surface area (Å²) in [6, 6.07) is 13.3. The fourth-order valence-electron chi connectivity index (χ4n) is 3.39. The Morgan fingerprint density at radius 1 is 1.07 bits per heavy atom. The number of anilines is 1. The minimum Gasteiger partial charge on any atom is -0.497 e. The van der Waals surface area contributed by atoms with Gasteiger partial charge in [-0.3, -0.25) is 4.79 Å². The lowest BCUT2D eigenvalue weighted by Gasteiger charge is -2.34. The van der Waals surface area contributed by atoms with Gasteiger partial charge in [-0.15, -0.1) is 0 Å². The van der Waals surface area contributed by atoms with E-state index in [1.54, 1.807) is 24.5 Å². The Kier molecular flexibility index (Phi) is 6.23. The van der Waals surface area contributed by atoms with E-state index in [-0.39, 0.29) is 12.5 Å². The molecule has 1 aromatic heterocycles. The third-order valence-corrected chi connectivity index (χ3v) is 6.06. The highest BCUT2D eigenvalue weighted by molar-refractivity contribution is 7.22. The van der Waals surface area contributed by atoms with Crippen molar-refractivity contribution in [2.45, 2.75) is 6.92 Å². The number of thiazole rings is 1. The van der Waals surface area contributed by atoms with Crippen molar-refractivity contribution in [1.82, 2.24) is 9.88 Å². The molecule has 30 heavy (non-hydrogen) atoms. The Bertz CT molecular complexity index is 1010. The van der Waals surface area contributed by atoms with Crippen molar-refractivity contribution < 1.29 is 19.0 Å². The molecule has 2 aromatic carbocycles. The second-order valence-electron chi connectivity index (χ2n) is 6.87. The van der Waals surface area contributed by atoms with E-state index in [0.717, 1.165) is 34.2 Å². The molecule has 0 bridgehead atoms. The number of nitrogens with zero attached hydrogens (tertiary/aromatic N) is 3. The first kappa shape index (κ1) is 20.3. The fraction of sp³-hybridized carbons (Fsp3) is 0.364. The summed E-state index contributed by atoms with van der Waals surface area (Å²) >= 11 is 1.66. The van der Waals surface area contributed by atoms with E-state index in [4.69, 9.17) is 19.2 Å². The summed E-state index contributed by atoms with van der Waals surface area (Å²) in [6.07, 6.45) is 0. The summed E-state index contributed by atoms with van der Waals surface area (Å²) < 4.78 is 17.6. The molecule has 1 saturated heterocycles. The van der Waals surface area contributed by atoms with E-state index in [1.165, 1.54) is 0 Å². The van der Waals surface area contributed by atoms with Crippen LogP contribution in [0.25, 0.3) is 10.2 Å². The van der Waals surface area contributed by atoms with Crippen molar-refractivity contribution in [1.29, 1.82) is 0 Å². The van der Waals surface area contributed by atoms with Crippen LogP contribution in [0.1, 0.15) is 6.92 Å². The van der Waals surface area contributed by atoms with Gasteiger partial charge in [0.05, 0.1) is 18.4 Å². The Labute approximate surface area is 179 Å². The molecule has 1 amide bonds. The molecule has 0 radical (unpaired) electrons. The molecule has 4 rings (SSSR count). The van der Waals surface area contributed by atoms with Crippen molar-refractivity contribution in [3.05, 3.63) is 42.5 Å². The highest BCUT2D eigenvalue weighted by Crippen LogP contribution is 2.34. The van der Waals surface area contributed by atoms with Crippen molar-refractivity contribution in [3.8, 4) is 17.2 Å². The molecule has 8 heteroatoms. The molecule has 0 unspecified atom stereocenters. The van der Waals surface area contributed by atoms with E-state index in [0.29, 0.717) is 31.2 Å². The summed E-state index contributed by atoms with van der Waals surface area (Å²) in [5.41, 5.74) is 0.907. The lowest BCUT2D eigenvalue weighted by molar-refractivity contribution is -0.133. The molecule has 1 aliphatic heterocycles. The molecule has 158 valence electrons. The first-order valence-corrected chi connectivity index (χ1v) is 10.8. The average molecular weight is 428 g/mol. The number of amides is 1. The summed E-state index contributed by atoms with van der Waals surface area (Å²) in [4.78, 5) is 21.4. The fourth-order valence-corrected chi connectivity index (χ4v) is 4.43. The van der Waals surface area contributed by atoms with Gasteiger partial charge in [-0.05, 0) is 31.2 Å². The quantitative estimate of drug-likeness (QED) is 0.576.